The third-order valence-corrected chi connectivity index (χ3v) is 8.18. The molecule has 2 aliphatic heterocycles. The molecule has 8 heteroatoms. The first-order chi connectivity index (χ1) is 17.0. The van der Waals surface area contributed by atoms with Crippen LogP contribution in [0.5, 0.6) is 0 Å². The highest BCUT2D eigenvalue weighted by Gasteiger charge is 2.55. The minimum atomic E-state index is -1.26. The number of benzene rings is 1. The molecule has 0 bridgehead atoms. The Morgan fingerprint density at radius 2 is 1.78 bits per heavy atom. The van der Waals surface area contributed by atoms with E-state index in [4.69, 9.17) is 4.52 Å². The number of rotatable bonds is 6. The van der Waals surface area contributed by atoms with E-state index in [9.17, 15) is 9.90 Å². The molecule has 4 heterocycles. The van der Waals surface area contributed by atoms with Crippen molar-refractivity contribution in [2.45, 2.75) is 51.0 Å². The van der Waals surface area contributed by atoms with E-state index in [1.54, 1.807) is 24.3 Å². The topological polar surface area (TPSA) is 95.6 Å². The number of carbonyl (C=O) groups excluding carboxylic acids is 1. The van der Waals surface area contributed by atoms with Crippen LogP contribution in [0.1, 0.15) is 62.6 Å². The second kappa shape index (κ2) is 8.49. The average Bonchev–Trinajstić information content (AvgIpc) is 3.45. The van der Waals surface area contributed by atoms with Crippen LogP contribution in [0.4, 0.5) is 0 Å². The van der Waals surface area contributed by atoms with Crippen molar-refractivity contribution in [3.63, 3.8) is 0 Å². The number of likely N-dealkylation sites (tertiary alicyclic amines) is 2. The van der Waals surface area contributed by atoms with E-state index in [0.29, 0.717) is 41.7 Å². The summed E-state index contributed by atoms with van der Waals surface area (Å²) >= 11 is 0. The standard InChI is InChI=1S/C28H35N5O3/c1-18(2)19-7-9-21(10-8-19)28(35,26(3)16-32(5)17-26)22-13-20(14-29-15-22)23-30-24(36-31-23)27(4)11-12-33(6)25(27)34/h7-10,13-15,18,35H,11-12,16-17H2,1-6H3. The summed E-state index contributed by atoms with van der Waals surface area (Å²) in [6, 6.07) is 10.1. The van der Waals surface area contributed by atoms with E-state index in [1.807, 2.05) is 25.1 Å². The Bertz CT molecular complexity index is 1280. The lowest BCUT2D eigenvalue weighted by Gasteiger charge is -2.55. The molecule has 8 nitrogen and oxygen atoms in total. The number of hydrogen-bond donors (Lipinski definition) is 1. The fourth-order valence-electron chi connectivity index (χ4n) is 5.89. The van der Waals surface area contributed by atoms with E-state index in [0.717, 1.165) is 18.7 Å². The first-order valence-corrected chi connectivity index (χ1v) is 12.5. The Morgan fingerprint density at radius 1 is 1.08 bits per heavy atom. The third-order valence-electron chi connectivity index (χ3n) is 8.18. The highest BCUT2D eigenvalue weighted by molar-refractivity contribution is 5.88. The molecule has 190 valence electrons. The largest absolute Gasteiger partial charge is 0.380 e. The molecule has 3 aromatic rings. The first-order valence-electron chi connectivity index (χ1n) is 12.5. The Kier molecular flexibility index (Phi) is 5.80. The molecule has 2 fully saturated rings. The molecule has 1 amide bonds. The van der Waals surface area contributed by atoms with Crippen LogP contribution in [-0.4, -0.2) is 69.7 Å². The van der Waals surface area contributed by atoms with Crippen molar-refractivity contribution >= 4 is 5.91 Å². The predicted molar refractivity (Wildman–Crippen MR) is 136 cm³/mol. The summed E-state index contributed by atoms with van der Waals surface area (Å²) in [5.74, 6) is 1.05. The van der Waals surface area contributed by atoms with E-state index in [2.05, 4.69) is 60.0 Å². The van der Waals surface area contributed by atoms with Gasteiger partial charge in [-0.2, -0.15) is 4.98 Å². The fourth-order valence-corrected chi connectivity index (χ4v) is 5.89. The zero-order valence-corrected chi connectivity index (χ0v) is 21.9. The molecule has 2 aliphatic rings. The summed E-state index contributed by atoms with van der Waals surface area (Å²) < 4.78 is 5.58. The molecule has 5 rings (SSSR count). The molecule has 0 saturated carbocycles. The zero-order valence-electron chi connectivity index (χ0n) is 21.9. The Hall–Kier alpha value is -3.10. The lowest BCUT2D eigenvalue weighted by atomic mass is 9.62. The number of hydrogen-bond acceptors (Lipinski definition) is 7. The van der Waals surface area contributed by atoms with Crippen molar-refractivity contribution in [3.8, 4) is 11.4 Å². The van der Waals surface area contributed by atoms with Crippen LogP contribution in [0, 0.1) is 5.41 Å². The summed E-state index contributed by atoms with van der Waals surface area (Å²) in [4.78, 5) is 25.7. The van der Waals surface area contributed by atoms with Gasteiger partial charge in [-0.25, -0.2) is 0 Å². The number of pyridine rings is 1. The van der Waals surface area contributed by atoms with Crippen molar-refractivity contribution in [2.75, 3.05) is 33.7 Å². The van der Waals surface area contributed by atoms with Gasteiger partial charge in [0.05, 0.1) is 0 Å². The number of aliphatic hydroxyl groups is 1. The van der Waals surface area contributed by atoms with Gasteiger partial charge >= 0.3 is 0 Å². The van der Waals surface area contributed by atoms with Crippen molar-refractivity contribution in [1.29, 1.82) is 0 Å². The summed E-state index contributed by atoms with van der Waals surface area (Å²) in [6.45, 7) is 10.4. The van der Waals surface area contributed by atoms with Crippen molar-refractivity contribution in [3.05, 3.63) is 65.3 Å². The zero-order chi connectivity index (χ0) is 25.9. The maximum atomic E-state index is 12.7. The van der Waals surface area contributed by atoms with Gasteiger partial charge in [0.1, 0.15) is 11.0 Å². The van der Waals surface area contributed by atoms with Crippen LogP contribution >= 0.6 is 0 Å². The number of likely N-dealkylation sites (N-methyl/N-ethyl adjacent to an activating group) is 1. The lowest BCUT2D eigenvalue weighted by molar-refractivity contribution is -0.131. The molecule has 0 spiro atoms. The molecule has 2 atom stereocenters. The predicted octanol–water partition coefficient (Wildman–Crippen LogP) is 3.56. The Labute approximate surface area is 212 Å². The number of carbonyl (C=O) groups is 1. The number of nitrogens with zero attached hydrogens (tertiary/aromatic N) is 5. The van der Waals surface area contributed by atoms with Gasteiger partial charge in [-0.1, -0.05) is 50.2 Å². The van der Waals surface area contributed by atoms with Gasteiger partial charge in [-0.15, -0.1) is 0 Å². The second-order valence-corrected chi connectivity index (χ2v) is 11.4. The molecule has 1 N–H and O–H groups in total. The molecular formula is C28H35N5O3. The van der Waals surface area contributed by atoms with Crippen LogP contribution < -0.4 is 0 Å². The monoisotopic (exact) mass is 489 g/mol. The van der Waals surface area contributed by atoms with E-state index < -0.39 is 16.4 Å². The maximum Gasteiger partial charge on any atom is 0.242 e. The Morgan fingerprint density at radius 3 is 2.36 bits per heavy atom. The average molecular weight is 490 g/mol. The van der Waals surface area contributed by atoms with Gasteiger partial charge in [0.25, 0.3) is 0 Å². The molecule has 0 radical (unpaired) electrons. The summed E-state index contributed by atoms with van der Waals surface area (Å²) in [6.07, 6.45) is 4.02. The molecule has 2 aromatic heterocycles. The van der Waals surface area contributed by atoms with Crippen LogP contribution in [0.15, 0.2) is 47.2 Å². The smallest absolute Gasteiger partial charge is 0.242 e. The highest BCUT2D eigenvalue weighted by atomic mass is 16.5. The fraction of sp³-hybridized carbons (Fsp3) is 0.500. The molecule has 0 aliphatic carbocycles. The Balaban J connectivity index is 1.55. The minimum Gasteiger partial charge on any atom is -0.380 e. The van der Waals surface area contributed by atoms with Crippen LogP contribution in [0.3, 0.4) is 0 Å². The van der Waals surface area contributed by atoms with Gasteiger partial charge in [0, 0.05) is 55.6 Å². The number of amides is 1. The normalized spacial score (nSPS) is 23.7. The van der Waals surface area contributed by atoms with E-state index in [1.165, 1.54) is 5.56 Å². The van der Waals surface area contributed by atoms with Gasteiger partial charge in [0.2, 0.25) is 17.6 Å². The van der Waals surface area contributed by atoms with E-state index in [-0.39, 0.29) is 5.91 Å². The van der Waals surface area contributed by atoms with Crippen molar-refractivity contribution < 1.29 is 14.4 Å². The lowest BCUT2D eigenvalue weighted by Crippen LogP contribution is -2.63. The SMILES string of the molecule is CC(C)c1ccc(C(O)(c2cncc(-c3noc(C4(C)CCN(C)C4=O)n3)c2)C2(C)CN(C)C2)cc1. The summed E-state index contributed by atoms with van der Waals surface area (Å²) in [7, 11) is 3.84. The van der Waals surface area contributed by atoms with Crippen LogP contribution in [-0.2, 0) is 15.8 Å². The maximum absolute atomic E-state index is 12.7. The molecular weight excluding hydrogens is 454 g/mol. The van der Waals surface area contributed by atoms with Crippen LogP contribution in [0.25, 0.3) is 11.4 Å². The molecule has 2 saturated heterocycles. The molecule has 36 heavy (non-hydrogen) atoms. The molecule has 1 aromatic carbocycles. The quantitative estimate of drug-likeness (QED) is 0.566. The molecule has 2 unspecified atom stereocenters. The van der Waals surface area contributed by atoms with Gasteiger partial charge in [-0.05, 0) is 43.5 Å². The van der Waals surface area contributed by atoms with Crippen molar-refractivity contribution in [2.24, 2.45) is 5.41 Å². The highest BCUT2D eigenvalue weighted by Crippen LogP contribution is 2.50. The second-order valence-electron chi connectivity index (χ2n) is 11.4. The van der Waals surface area contributed by atoms with Gasteiger partial charge < -0.3 is 19.4 Å². The van der Waals surface area contributed by atoms with Gasteiger partial charge in [-0.3, -0.25) is 9.78 Å². The minimum absolute atomic E-state index is 0.0224. The third kappa shape index (κ3) is 3.66. The number of aromatic nitrogens is 3. The van der Waals surface area contributed by atoms with Gasteiger partial charge in [0.15, 0.2) is 0 Å². The van der Waals surface area contributed by atoms with Crippen LogP contribution in [0.2, 0.25) is 0 Å². The first kappa shape index (κ1) is 24.6. The summed E-state index contributed by atoms with van der Waals surface area (Å²) in [5.41, 5.74) is 0.888. The van der Waals surface area contributed by atoms with Crippen molar-refractivity contribution in [1.82, 2.24) is 24.9 Å². The van der Waals surface area contributed by atoms with E-state index >= 15 is 0 Å². The summed E-state index contributed by atoms with van der Waals surface area (Å²) in [5, 5.41) is 16.6.